The van der Waals surface area contributed by atoms with Gasteiger partial charge in [-0.1, -0.05) is 36.9 Å². The normalized spacial score (nSPS) is 14.8. The molecule has 0 aliphatic carbocycles. The first-order chi connectivity index (χ1) is 11.3. The molecule has 1 aliphatic rings. The lowest BCUT2D eigenvalue weighted by Crippen LogP contribution is -2.43. The molecule has 0 bridgehead atoms. The molecule has 1 aliphatic heterocycles. The zero-order valence-corrected chi connectivity index (χ0v) is 14.7. The van der Waals surface area contributed by atoms with E-state index in [2.05, 4.69) is 59.6 Å². The maximum atomic E-state index is 5.60. The molecule has 4 heteroatoms. The van der Waals surface area contributed by atoms with E-state index in [1.54, 1.807) is 18.9 Å². The molecule has 3 nitrogen and oxygen atoms in total. The highest BCUT2D eigenvalue weighted by Gasteiger charge is 2.15. The van der Waals surface area contributed by atoms with Gasteiger partial charge in [-0.25, -0.2) is 0 Å². The van der Waals surface area contributed by atoms with Crippen molar-refractivity contribution < 1.29 is 4.74 Å². The molecular weight excluding hydrogens is 304 g/mol. The number of hydrogen-bond donors (Lipinski definition) is 1. The molecule has 0 amide bonds. The summed E-state index contributed by atoms with van der Waals surface area (Å²) in [7, 11) is 1.75. The predicted octanol–water partition coefficient (Wildman–Crippen LogP) is 3.82. The second-order valence-corrected chi connectivity index (χ2v) is 6.73. The van der Waals surface area contributed by atoms with Gasteiger partial charge in [0, 0.05) is 31.1 Å². The fraction of sp³-hybridized carbons (Fsp3) is 0.368. The SMILES string of the molecule is CCc1ccc(Sc2ccccc2N2CCNCC2)c(OC)c1. The Bertz CT molecular complexity index is 654. The fourth-order valence-corrected chi connectivity index (χ4v) is 3.91. The Morgan fingerprint density at radius 1 is 1.09 bits per heavy atom. The van der Waals surface area contributed by atoms with Gasteiger partial charge in [0.2, 0.25) is 0 Å². The monoisotopic (exact) mass is 328 g/mol. The van der Waals surface area contributed by atoms with Crippen molar-refractivity contribution in [3.05, 3.63) is 48.0 Å². The molecule has 1 heterocycles. The number of ether oxygens (including phenoxy) is 1. The Kier molecular flexibility index (Phi) is 5.47. The Hall–Kier alpha value is -1.65. The summed E-state index contributed by atoms with van der Waals surface area (Å²) in [6, 6.07) is 15.2. The van der Waals surface area contributed by atoms with E-state index in [0.717, 1.165) is 38.3 Å². The van der Waals surface area contributed by atoms with Gasteiger partial charge >= 0.3 is 0 Å². The van der Waals surface area contributed by atoms with Gasteiger partial charge in [0.1, 0.15) is 5.75 Å². The summed E-state index contributed by atoms with van der Waals surface area (Å²) in [5.41, 5.74) is 2.63. The number of benzene rings is 2. The molecular formula is C19H24N2OS. The van der Waals surface area contributed by atoms with Gasteiger partial charge in [0.15, 0.2) is 0 Å². The van der Waals surface area contributed by atoms with Crippen LogP contribution in [-0.4, -0.2) is 33.3 Å². The highest BCUT2D eigenvalue weighted by atomic mass is 32.2. The minimum atomic E-state index is 0.962. The molecule has 122 valence electrons. The number of methoxy groups -OCH3 is 1. The van der Waals surface area contributed by atoms with Crippen molar-refractivity contribution in [3.63, 3.8) is 0 Å². The fourth-order valence-electron chi connectivity index (χ4n) is 2.85. The van der Waals surface area contributed by atoms with Crippen molar-refractivity contribution in [1.82, 2.24) is 5.32 Å². The third-order valence-corrected chi connectivity index (χ3v) is 5.30. The van der Waals surface area contributed by atoms with E-state index >= 15 is 0 Å². The highest BCUT2D eigenvalue weighted by molar-refractivity contribution is 7.99. The van der Waals surface area contributed by atoms with E-state index in [4.69, 9.17) is 4.74 Å². The largest absolute Gasteiger partial charge is 0.496 e. The number of aryl methyl sites for hydroxylation is 1. The van der Waals surface area contributed by atoms with Crippen molar-refractivity contribution in [2.24, 2.45) is 0 Å². The number of piperazine rings is 1. The Morgan fingerprint density at radius 2 is 1.87 bits per heavy atom. The van der Waals surface area contributed by atoms with Gasteiger partial charge in [0.05, 0.1) is 17.7 Å². The van der Waals surface area contributed by atoms with Gasteiger partial charge in [-0.05, 0) is 36.2 Å². The van der Waals surface area contributed by atoms with Crippen LogP contribution in [0.2, 0.25) is 0 Å². The molecule has 23 heavy (non-hydrogen) atoms. The van der Waals surface area contributed by atoms with Crippen LogP contribution in [0, 0.1) is 0 Å². The van der Waals surface area contributed by atoms with Crippen LogP contribution in [-0.2, 0) is 6.42 Å². The maximum Gasteiger partial charge on any atom is 0.133 e. The lowest BCUT2D eigenvalue weighted by Gasteiger charge is -2.31. The van der Waals surface area contributed by atoms with Crippen LogP contribution < -0.4 is 15.0 Å². The van der Waals surface area contributed by atoms with Crippen LogP contribution in [0.1, 0.15) is 12.5 Å². The molecule has 2 aromatic rings. The highest BCUT2D eigenvalue weighted by Crippen LogP contribution is 2.40. The average molecular weight is 328 g/mol. The average Bonchev–Trinajstić information content (AvgIpc) is 2.63. The molecule has 0 radical (unpaired) electrons. The summed E-state index contributed by atoms with van der Waals surface area (Å²) in [4.78, 5) is 4.93. The van der Waals surface area contributed by atoms with E-state index in [1.165, 1.54) is 21.0 Å². The number of rotatable bonds is 5. The Morgan fingerprint density at radius 3 is 2.61 bits per heavy atom. The Labute approximate surface area is 143 Å². The van der Waals surface area contributed by atoms with E-state index < -0.39 is 0 Å². The molecule has 1 fully saturated rings. The molecule has 0 aromatic heterocycles. The van der Waals surface area contributed by atoms with E-state index in [9.17, 15) is 0 Å². The van der Waals surface area contributed by atoms with Crippen molar-refractivity contribution in [2.45, 2.75) is 23.1 Å². The zero-order chi connectivity index (χ0) is 16.1. The minimum absolute atomic E-state index is 0.962. The summed E-state index contributed by atoms with van der Waals surface area (Å²) in [5.74, 6) is 0.962. The van der Waals surface area contributed by atoms with Gasteiger partial charge in [0.25, 0.3) is 0 Å². The minimum Gasteiger partial charge on any atom is -0.496 e. The Balaban J connectivity index is 1.88. The van der Waals surface area contributed by atoms with Gasteiger partial charge in [-0.15, -0.1) is 0 Å². The van der Waals surface area contributed by atoms with Crippen LogP contribution in [0.5, 0.6) is 5.75 Å². The summed E-state index contributed by atoms with van der Waals surface area (Å²) in [5, 5.41) is 3.42. The van der Waals surface area contributed by atoms with Crippen LogP contribution in [0.3, 0.4) is 0 Å². The predicted molar refractivity (Wildman–Crippen MR) is 98.0 cm³/mol. The molecule has 0 spiro atoms. The number of nitrogens with zero attached hydrogens (tertiary/aromatic N) is 1. The number of para-hydroxylation sites is 1. The van der Waals surface area contributed by atoms with Gasteiger partial charge in [-0.3, -0.25) is 0 Å². The van der Waals surface area contributed by atoms with E-state index in [0.29, 0.717) is 0 Å². The first kappa shape index (κ1) is 16.2. The number of nitrogens with one attached hydrogen (secondary N) is 1. The molecule has 1 saturated heterocycles. The van der Waals surface area contributed by atoms with Crippen LogP contribution in [0.4, 0.5) is 5.69 Å². The van der Waals surface area contributed by atoms with E-state index in [1.807, 2.05) is 0 Å². The third kappa shape index (κ3) is 3.82. The molecule has 1 N–H and O–H groups in total. The molecule has 0 unspecified atom stereocenters. The zero-order valence-electron chi connectivity index (χ0n) is 13.8. The van der Waals surface area contributed by atoms with Gasteiger partial charge < -0.3 is 15.0 Å². The van der Waals surface area contributed by atoms with Crippen molar-refractivity contribution in [2.75, 3.05) is 38.2 Å². The third-order valence-electron chi connectivity index (χ3n) is 4.18. The van der Waals surface area contributed by atoms with Crippen LogP contribution in [0.15, 0.2) is 52.3 Å². The second kappa shape index (κ2) is 7.75. The topological polar surface area (TPSA) is 24.5 Å². The lowest BCUT2D eigenvalue weighted by molar-refractivity contribution is 0.404. The van der Waals surface area contributed by atoms with Crippen molar-refractivity contribution >= 4 is 17.4 Å². The number of hydrogen-bond acceptors (Lipinski definition) is 4. The van der Waals surface area contributed by atoms with E-state index in [-0.39, 0.29) is 0 Å². The standard InChI is InChI=1S/C19H24N2OS/c1-3-15-8-9-19(17(14-15)22-2)23-18-7-5-4-6-16(18)21-12-10-20-11-13-21/h4-9,14,20H,3,10-13H2,1-2H3. The summed E-state index contributed by atoms with van der Waals surface area (Å²) >= 11 is 1.79. The quantitative estimate of drug-likeness (QED) is 0.902. The van der Waals surface area contributed by atoms with Crippen LogP contribution in [0.25, 0.3) is 0 Å². The smallest absolute Gasteiger partial charge is 0.133 e. The number of anilines is 1. The molecule has 0 atom stereocenters. The van der Waals surface area contributed by atoms with Crippen LogP contribution >= 0.6 is 11.8 Å². The molecule has 0 saturated carbocycles. The summed E-state index contributed by atoms with van der Waals surface area (Å²) in [6.45, 7) is 6.38. The lowest BCUT2D eigenvalue weighted by atomic mass is 10.2. The first-order valence-electron chi connectivity index (χ1n) is 8.21. The van der Waals surface area contributed by atoms with Crippen molar-refractivity contribution in [3.8, 4) is 5.75 Å². The maximum absolute atomic E-state index is 5.60. The molecule has 2 aromatic carbocycles. The summed E-state index contributed by atoms with van der Waals surface area (Å²) < 4.78 is 5.60. The van der Waals surface area contributed by atoms with Crippen molar-refractivity contribution in [1.29, 1.82) is 0 Å². The van der Waals surface area contributed by atoms with Gasteiger partial charge in [-0.2, -0.15) is 0 Å². The summed E-state index contributed by atoms with van der Waals surface area (Å²) in [6.07, 6.45) is 1.03. The first-order valence-corrected chi connectivity index (χ1v) is 9.03. The second-order valence-electron chi connectivity index (χ2n) is 5.65. The molecule has 3 rings (SSSR count).